The van der Waals surface area contributed by atoms with Crippen LogP contribution in [0.25, 0.3) is 0 Å². The van der Waals surface area contributed by atoms with Crippen molar-refractivity contribution in [1.82, 2.24) is 0 Å². The van der Waals surface area contributed by atoms with Crippen LogP contribution in [0.1, 0.15) is 34.6 Å². The van der Waals surface area contributed by atoms with Crippen LogP contribution in [0.4, 0.5) is 0 Å². The van der Waals surface area contributed by atoms with Crippen molar-refractivity contribution in [3.05, 3.63) is 0 Å². The SMILES string of the molecule is CC1O[C@@H](C)C(C)[C@H](C)[C@@H]1C. The highest BCUT2D eigenvalue weighted by Crippen LogP contribution is 2.34. The van der Waals surface area contributed by atoms with E-state index in [9.17, 15) is 0 Å². The first kappa shape index (κ1) is 9.05. The van der Waals surface area contributed by atoms with Gasteiger partial charge in [-0.05, 0) is 31.6 Å². The van der Waals surface area contributed by atoms with Crippen molar-refractivity contribution in [2.45, 2.75) is 46.8 Å². The van der Waals surface area contributed by atoms with Crippen LogP contribution in [0, 0.1) is 17.8 Å². The summed E-state index contributed by atoms with van der Waals surface area (Å²) in [4.78, 5) is 0. The Morgan fingerprint density at radius 2 is 1.00 bits per heavy atom. The lowest BCUT2D eigenvalue weighted by Gasteiger charge is -2.41. The quantitative estimate of drug-likeness (QED) is 0.524. The maximum atomic E-state index is 5.78. The van der Waals surface area contributed by atoms with E-state index < -0.39 is 0 Å². The number of ether oxygens (including phenoxy) is 1. The Hall–Kier alpha value is -0.0400. The first-order chi connectivity index (χ1) is 5.04. The zero-order valence-corrected chi connectivity index (χ0v) is 8.29. The second-order valence-corrected chi connectivity index (χ2v) is 4.12. The van der Waals surface area contributed by atoms with Crippen molar-refractivity contribution < 1.29 is 4.74 Å². The molecule has 0 aromatic heterocycles. The van der Waals surface area contributed by atoms with Gasteiger partial charge in [-0.15, -0.1) is 0 Å². The van der Waals surface area contributed by atoms with Gasteiger partial charge in [0, 0.05) is 0 Å². The number of hydrogen-bond acceptors (Lipinski definition) is 1. The van der Waals surface area contributed by atoms with E-state index in [4.69, 9.17) is 4.74 Å². The minimum atomic E-state index is 0.441. The van der Waals surface area contributed by atoms with Gasteiger partial charge in [-0.2, -0.15) is 0 Å². The van der Waals surface area contributed by atoms with E-state index >= 15 is 0 Å². The molecule has 0 radical (unpaired) electrons. The summed E-state index contributed by atoms with van der Waals surface area (Å²) in [7, 11) is 0. The van der Waals surface area contributed by atoms with Crippen LogP contribution in [-0.2, 0) is 4.74 Å². The molecular formula is C10H20O. The zero-order valence-electron chi connectivity index (χ0n) is 8.29. The first-order valence-electron chi connectivity index (χ1n) is 4.69. The average Bonchev–Trinajstić information content (AvgIpc) is 1.97. The lowest BCUT2D eigenvalue weighted by atomic mass is 9.77. The molecule has 1 heterocycles. The summed E-state index contributed by atoms with van der Waals surface area (Å²) >= 11 is 0. The fraction of sp³-hybridized carbons (Fsp3) is 1.00. The molecule has 1 rings (SSSR count). The molecule has 11 heavy (non-hydrogen) atoms. The summed E-state index contributed by atoms with van der Waals surface area (Å²) in [5, 5.41) is 0. The van der Waals surface area contributed by atoms with E-state index in [0.29, 0.717) is 24.0 Å². The molecule has 0 N–H and O–H groups in total. The zero-order chi connectivity index (χ0) is 8.59. The molecule has 1 nitrogen and oxygen atoms in total. The summed E-state index contributed by atoms with van der Waals surface area (Å²) in [5.74, 6) is 2.22. The van der Waals surface area contributed by atoms with Crippen molar-refractivity contribution in [3.63, 3.8) is 0 Å². The molecule has 1 saturated heterocycles. The maximum Gasteiger partial charge on any atom is 0.0578 e. The molecule has 66 valence electrons. The molecule has 2 unspecified atom stereocenters. The Labute approximate surface area is 70.1 Å². The molecule has 0 bridgehead atoms. The third kappa shape index (κ3) is 1.58. The van der Waals surface area contributed by atoms with Crippen LogP contribution in [-0.4, -0.2) is 12.2 Å². The lowest BCUT2D eigenvalue weighted by molar-refractivity contribution is -0.116. The van der Waals surface area contributed by atoms with Crippen molar-refractivity contribution in [1.29, 1.82) is 0 Å². The highest BCUT2D eigenvalue weighted by atomic mass is 16.5. The van der Waals surface area contributed by atoms with E-state index in [0.717, 1.165) is 5.92 Å². The maximum absolute atomic E-state index is 5.78. The molecule has 0 aliphatic carbocycles. The highest BCUT2D eigenvalue weighted by molar-refractivity contribution is 4.81. The molecule has 5 atom stereocenters. The average molecular weight is 156 g/mol. The van der Waals surface area contributed by atoms with Gasteiger partial charge in [0.15, 0.2) is 0 Å². The van der Waals surface area contributed by atoms with Gasteiger partial charge in [0.25, 0.3) is 0 Å². The molecule has 0 spiro atoms. The minimum absolute atomic E-state index is 0.441. The van der Waals surface area contributed by atoms with Crippen LogP contribution in [0.5, 0.6) is 0 Å². The van der Waals surface area contributed by atoms with Gasteiger partial charge in [-0.25, -0.2) is 0 Å². The van der Waals surface area contributed by atoms with Crippen LogP contribution in [0.15, 0.2) is 0 Å². The Morgan fingerprint density at radius 1 is 0.636 bits per heavy atom. The lowest BCUT2D eigenvalue weighted by Crippen LogP contribution is -2.41. The summed E-state index contributed by atoms with van der Waals surface area (Å²) < 4.78 is 5.78. The van der Waals surface area contributed by atoms with Crippen LogP contribution < -0.4 is 0 Å². The van der Waals surface area contributed by atoms with E-state index in [1.807, 2.05) is 0 Å². The van der Waals surface area contributed by atoms with Crippen LogP contribution in [0.3, 0.4) is 0 Å². The minimum Gasteiger partial charge on any atom is -0.375 e. The Morgan fingerprint density at radius 3 is 1.36 bits per heavy atom. The van der Waals surface area contributed by atoms with Gasteiger partial charge >= 0.3 is 0 Å². The van der Waals surface area contributed by atoms with Gasteiger partial charge in [0.05, 0.1) is 12.2 Å². The third-order valence-electron chi connectivity index (χ3n) is 3.57. The summed E-state index contributed by atoms with van der Waals surface area (Å²) in [6.07, 6.45) is 0.882. The van der Waals surface area contributed by atoms with Gasteiger partial charge in [0.2, 0.25) is 0 Å². The second kappa shape index (κ2) is 3.14. The van der Waals surface area contributed by atoms with Gasteiger partial charge < -0.3 is 4.74 Å². The largest absolute Gasteiger partial charge is 0.375 e. The van der Waals surface area contributed by atoms with E-state index in [1.165, 1.54) is 0 Å². The summed E-state index contributed by atoms with van der Waals surface area (Å²) in [5.41, 5.74) is 0. The molecule has 1 heteroatoms. The Bertz CT molecular complexity index is 119. The topological polar surface area (TPSA) is 9.23 Å². The van der Waals surface area contributed by atoms with E-state index in [-0.39, 0.29) is 0 Å². The molecule has 0 aromatic rings. The first-order valence-corrected chi connectivity index (χ1v) is 4.69. The van der Waals surface area contributed by atoms with E-state index in [1.54, 1.807) is 0 Å². The van der Waals surface area contributed by atoms with Gasteiger partial charge in [0.1, 0.15) is 0 Å². The monoisotopic (exact) mass is 156 g/mol. The molecule has 0 amide bonds. The molecular weight excluding hydrogens is 136 g/mol. The Balaban J connectivity index is 2.63. The molecule has 0 saturated carbocycles. The molecule has 1 aliphatic rings. The van der Waals surface area contributed by atoms with Gasteiger partial charge in [-0.1, -0.05) is 20.8 Å². The molecule has 1 fully saturated rings. The number of rotatable bonds is 0. The van der Waals surface area contributed by atoms with Crippen LogP contribution >= 0.6 is 0 Å². The van der Waals surface area contributed by atoms with Crippen molar-refractivity contribution in [2.24, 2.45) is 17.8 Å². The fourth-order valence-electron chi connectivity index (χ4n) is 1.92. The smallest absolute Gasteiger partial charge is 0.0578 e. The standard InChI is InChI=1S/C10H20O/c1-6-7(2)9(4)11-10(5)8(6)3/h6-10H,1-5H3/t6-,7+,8?,9?,10+/m1/s1. The third-order valence-corrected chi connectivity index (χ3v) is 3.57. The molecule has 0 aromatic carbocycles. The van der Waals surface area contributed by atoms with E-state index in [2.05, 4.69) is 34.6 Å². The van der Waals surface area contributed by atoms with Crippen molar-refractivity contribution >= 4 is 0 Å². The predicted molar refractivity (Wildman–Crippen MR) is 47.5 cm³/mol. The summed E-state index contributed by atoms with van der Waals surface area (Å²) in [6, 6.07) is 0. The predicted octanol–water partition coefficient (Wildman–Crippen LogP) is 2.70. The highest BCUT2D eigenvalue weighted by Gasteiger charge is 2.34. The van der Waals surface area contributed by atoms with Crippen LogP contribution in [0.2, 0.25) is 0 Å². The second-order valence-electron chi connectivity index (χ2n) is 4.12. The van der Waals surface area contributed by atoms with Crippen molar-refractivity contribution in [2.75, 3.05) is 0 Å². The van der Waals surface area contributed by atoms with Gasteiger partial charge in [-0.3, -0.25) is 0 Å². The number of hydrogen-bond donors (Lipinski definition) is 0. The van der Waals surface area contributed by atoms with Crippen molar-refractivity contribution in [3.8, 4) is 0 Å². The fourth-order valence-corrected chi connectivity index (χ4v) is 1.92. The normalized spacial score (nSPS) is 52.6. The summed E-state index contributed by atoms with van der Waals surface area (Å²) in [6.45, 7) is 11.3. The molecule has 1 aliphatic heterocycles. The Kier molecular flexibility index (Phi) is 2.58.